The molecule has 0 radical (unpaired) electrons. The number of rotatable bonds is 4. The van der Waals surface area contributed by atoms with Gasteiger partial charge in [-0.2, -0.15) is 0 Å². The number of benzene rings is 1. The van der Waals surface area contributed by atoms with Gasteiger partial charge in [0.2, 0.25) is 0 Å². The highest BCUT2D eigenvalue weighted by molar-refractivity contribution is 5.70. The number of nitrogens with zero attached hydrogens (tertiary/aromatic N) is 1. The Morgan fingerprint density at radius 3 is 2.75 bits per heavy atom. The summed E-state index contributed by atoms with van der Waals surface area (Å²) in [5.74, 6) is -0.939. The van der Waals surface area contributed by atoms with E-state index in [4.69, 9.17) is 0 Å². The van der Waals surface area contributed by atoms with E-state index in [9.17, 15) is 9.90 Å². The Morgan fingerprint density at radius 2 is 2.05 bits per heavy atom. The summed E-state index contributed by atoms with van der Waals surface area (Å²) >= 11 is 0. The summed E-state index contributed by atoms with van der Waals surface area (Å²) in [4.78, 5) is 13.7. The van der Waals surface area contributed by atoms with Gasteiger partial charge < -0.3 is 10.0 Å². The minimum atomic E-state index is -0.674. The van der Waals surface area contributed by atoms with Gasteiger partial charge in [0, 0.05) is 17.8 Å². The van der Waals surface area contributed by atoms with E-state index in [0.29, 0.717) is 12.1 Å². The van der Waals surface area contributed by atoms with Crippen LogP contribution < -0.4 is 4.90 Å². The maximum Gasteiger partial charge on any atom is 0.306 e. The fourth-order valence-electron chi connectivity index (χ4n) is 3.87. The number of carboxylic acids is 1. The topological polar surface area (TPSA) is 40.5 Å². The minimum Gasteiger partial charge on any atom is -0.481 e. The summed E-state index contributed by atoms with van der Waals surface area (Å²) in [6.45, 7) is 1.83. The first-order valence-corrected chi connectivity index (χ1v) is 7.76. The third kappa shape index (κ3) is 2.41. The Labute approximate surface area is 120 Å². The number of aliphatic carboxylic acids is 1. The predicted octanol–water partition coefficient (Wildman–Crippen LogP) is 3.47. The van der Waals surface area contributed by atoms with Crippen molar-refractivity contribution < 1.29 is 9.90 Å². The van der Waals surface area contributed by atoms with E-state index in [-0.39, 0.29) is 5.92 Å². The number of hydrogen-bond acceptors (Lipinski definition) is 2. The standard InChI is InChI=1S/C17H23NO2/c1-12(17(19)20)10-15-11-13-6-2-5-9-16(13)18(15)14-7-3-4-8-14/h2,5-6,9,12,14-15H,3-4,7-8,10-11H2,1H3,(H,19,20). The van der Waals surface area contributed by atoms with Gasteiger partial charge >= 0.3 is 5.97 Å². The van der Waals surface area contributed by atoms with Crippen LogP contribution in [0.5, 0.6) is 0 Å². The van der Waals surface area contributed by atoms with Gasteiger partial charge in [-0.25, -0.2) is 0 Å². The molecule has 1 aromatic carbocycles. The fraction of sp³-hybridized carbons (Fsp3) is 0.588. The van der Waals surface area contributed by atoms with Gasteiger partial charge in [0.15, 0.2) is 0 Å². The largest absolute Gasteiger partial charge is 0.481 e. The lowest BCUT2D eigenvalue weighted by Gasteiger charge is -2.34. The molecule has 1 aromatic rings. The van der Waals surface area contributed by atoms with Gasteiger partial charge in [0.25, 0.3) is 0 Å². The zero-order chi connectivity index (χ0) is 14.1. The molecule has 1 saturated carbocycles. The fourth-order valence-corrected chi connectivity index (χ4v) is 3.87. The maximum atomic E-state index is 11.2. The molecule has 0 amide bonds. The Balaban J connectivity index is 1.84. The second kappa shape index (κ2) is 5.47. The highest BCUT2D eigenvalue weighted by Gasteiger charge is 2.36. The van der Waals surface area contributed by atoms with E-state index in [1.165, 1.54) is 36.9 Å². The Bertz CT molecular complexity index is 494. The summed E-state index contributed by atoms with van der Waals surface area (Å²) < 4.78 is 0. The molecule has 0 saturated heterocycles. The Kier molecular flexibility index (Phi) is 3.68. The average molecular weight is 273 g/mol. The number of carbonyl (C=O) groups is 1. The molecular weight excluding hydrogens is 250 g/mol. The monoisotopic (exact) mass is 273 g/mol. The number of para-hydroxylation sites is 1. The van der Waals surface area contributed by atoms with E-state index in [2.05, 4.69) is 29.2 Å². The zero-order valence-corrected chi connectivity index (χ0v) is 12.1. The van der Waals surface area contributed by atoms with Crippen molar-refractivity contribution in [3.05, 3.63) is 29.8 Å². The van der Waals surface area contributed by atoms with Gasteiger partial charge in [-0.1, -0.05) is 38.0 Å². The molecule has 1 heterocycles. The SMILES string of the molecule is CC(CC1Cc2ccccc2N1C1CCCC1)C(=O)O. The Morgan fingerprint density at radius 1 is 1.35 bits per heavy atom. The normalized spacial score (nSPS) is 23.9. The highest BCUT2D eigenvalue weighted by atomic mass is 16.4. The smallest absolute Gasteiger partial charge is 0.306 e. The molecule has 0 aromatic heterocycles. The molecule has 3 nitrogen and oxygen atoms in total. The van der Waals surface area contributed by atoms with Crippen molar-refractivity contribution in [3.63, 3.8) is 0 Å². The Hall–Kier alpha value is -1.51. The van der Waals surface area contributed by atoms with Gasteiger partial charge in [-0.3, -0.25) is 4.79 Å². The number of hydrogen-bond donors (Lipinski definition) is 1. The molecule has 20 heavy (non-hydrogen) atoms. The van der Waals surface area contributed by atoms with Crippen molar-refractivity contribution in [1.29, 1.82) is 0 Å². The first kappa shape index (κ1) is 13.5. The maximum absolute atomic E-state index is 11.2. The number of fused-ring (bicyclic) bond motifs is 1. The van der Waals surface area contributed by atoms with Crippen molar-refractivity contribution in [2.24, 2.45) is 5.92 Å². The second-order valence-corrected chi connectivity index (χ2v) is 6.31. The van der Waals surface area contributed by atoms with Gasteiger partial charge in [0.05, 0.1) is 5.92 Å². The van der Waals surface area contributed by atoms with Crippen LogP contribution in [0, 0.1) is 5.92 Å². The molecule has 1 aliphatic carbocycles. The first-order valence-electron chi connectivity index (χ1n) is 7.76. The van der Waals surface area contributed by atoms with Gasteiger partial charge in [-0.15, -0.1) is 0 Å². The lowest BCUT2D eigenvalue weighted by molar-refractivity contribution is -0.141. The summed E-state index contributed by atoms with van der Waals surface area (Å²) in [5, 5.41) is 9.19. The molecular formula is C17H23NO2. The first-order chi connectivity index (χ1) is 9.66. The quantitative estimate of drug-likeness (QED) is 0.913. The predicted molar refractivity (Wildman–Crippen MR) is 80.1 cm³/mol. The van der Waals surface area contributed by atoms with Gasteiger partial charge in [0.1, 0.15) is 0 Å². The van der Waals surface area contributed by atoms with Crippen LogP contribution in [0.15, 0.2) is 24.3 Å². The third-order valence-corrected chi connectivity index (χ3v) is 4.88. The molecule has 3 rings (SSSR count). The molecule has 1 fully saturated rings. The second-order valence-electron chi connectivity index (χ2n) is 6.31. The lowest BCUT2D eigenvalue weighted by Crippen LogP contribution is -2.41. The molecule has 2 unspecified atom stereocenters. The van der Waals surface area contributed by atoms with Crippen LogP contribution in [0.25, 0.3) is 0 Å². The summed E-state index contributed by atoms with van der Waals surface area (Å²) in [5.41, 5.74) is 2.74. The van der Waals surface area contributed by atoms with Crippen LogP contribution in [0.4, 0.5) is 5.69 Å². The molecule has 3 heteroatoms. The van der Waals surface area contributed by atoms with Crippen LogP contribution in [0.2, 0.25) is 0 Å². The van der Waals surface area contributed by atoms with E-state index < -0.39 is 5.97 Å². The van der Waals surface area contributed by atoms with Crippen LogP contribution in [0.3, 0.4) is 0 Å². The number of carboxylic acid groups (broad SMARTS) is 1. The zero-order valence-electron chi connectivity index (χ0n) is 12.1. The van der Waals surface area contributed by atoms with Crippen molar-refractivity contribution in [2.75, 3.05) is 4.90 Å². The van der Waals surface area contributed by atoms with E-state index in [1.54, 1.807) is 0 Å². The van der Waals surface area contributed by atoms with Crippen molar-refractivity contribution in [2.45, 2.75) is 57.5 Å². The van der Waals surface area contributed by atoms with Crippen LogP contribution in [-0.4, -0.2) is 23.2 Å². The minimum absolute atomic E-state index is 0.266. The van der Waals surface area contributed by atoms with Crippen molar-refractivity contribution in [3.8, 4) is 0 Å². The molecule has 2 aliphatic rings. The van der Waals surface area contributed by atoms with Crippen molar-refractivity contribution >= 4 is 11.7 Å². The summed E-state index contributed by atoms with van der Waals surface area (Å²) in [6.07, 6.45) is 6.89. The van der Waals surface area contributed by atoms with E-state index in [0.717, 1.165) is 12.8 Å². The third-order valence-electron chi connectivity index (χ3n) is 4.88. The molecule has 0 bridgehead atoms. The van der Waals surface area contributed by atoms with Crippen LogP contribution in [-0.2, 0) is 11.2 Å². The summed E-state index contributed by atoms with van der Waals surface area (Å²) in [6, 6.07) is 9.58. The van der Waals surface area contributed by atoms with Gasteiger partial charge in [-0.05, 0) is 37.3 Å². The van der Waals surface area contributed by atoms with E-state index >= 15 is 0 Å². The molecule has 0 spiro atoms. The van der Waals surface area contributed by atoms with Crippen LogP contribution in [0.1, 0.15) is 44.6 Å². The molecule has 2 atom stereocenters. The average Bonchev–Trinajstić information content (AvgIpc) is 3.04. The number of anilines is 1. The van der Waals surface area contributed by atoms with Crippen molar-refractivity contribution in [1.82, 2.24) is 0 Å². The molecule has 1 N–H and O–H groups in total. The summed E-state index contributed by atoms with van der Waals surface area (Å²) in [7, 11) is 0. The van der Waals surface area contributed by atoms with Crippen LogP contribution >= 0.6 is 0 Å². The molecule has 1 aliphatic heterocycles. The molecule has 108 valence electrons. The van der Waals surface area contributed by atoms with E-state index in [1.807, 2.05) is 6.92 Å². The highest BCUT2D eigenvalue weighted by Crippen LogP contribution is 2.40. The lowest BCUT2D eigenvalue weighted by atomic mass is 9.98.